The van der Waals surface area contributed by atoms with E-state index in [1.165, 1.54) is 0 Å². The van der Waals surface area contributed by atoms with Gasteiger partial charge in [0, 0.05) is 5.69 Å². The van der Waals surface area contributed by atoms with E-state index in [0.717, 1.165) is 41.9 Å². The molecule has 26 heavy (non-hydrogen) atoms. The van der Waals surface area contributed by atoms with Gasteiger partial charge in [0.1, 0.15) is 5.54 Å². The highest BCUT2D eigenvalue weighted by molar-refractivity contribution is 5.88. The number of nitrogens with one attached hydrogen (secondary N) is 1. The van der Waals surface area contributed by atoms with Crippen LogP contribution < -0.4 is 5.32 Å². The number of amides is 1. The van der Waals surface area contributed by atoms with E-state index >= 15 is 0 Å². The lowest BCUT2D eigenvalue weighted by atomic mass is 9.81. The summed E-state index contributed by atoms with van der Waals surface area (Å²) >= 11 is 0. The van der Waals surface area contributed by atoms with Crippen LogP contribution in [-0.4, -0.2) is 32.3 Å². The first-order valence-electron chi connectivity index (χ1n) is 9.07. The van der Waals surface area contributed by atoms with Gasteiger partial charge in [0.25, 0.3) is 0 Å². The Morgan fingerprint density at radius 3 is 2.35 bits per heavy atom. The van der Waals surface area contributed by atoms with Gasteiger partial charge in [-0.2, -0.15) is 5.10 Å². The molecule has 3 rings (SSSR count). The number of carbonyl (C=O) groups excluding carboxylic acids is 1. The van der Waals surface area contributed by atoms with Gasteiger partial charge in [-0.25, -0.2) is 9.48 Å². The lowest BCUT2D eigenvalue weighted by Gasteiger charge is -2.34. The maximum Gasteiger partial charge on any atom is 0.329 e. The number of hydrogen-bond acceptors (Lipinski definition) is 3. The molecule has 0 saturated heterocycles. The highest BCUT2D eigenvalue weighted by Gasteiger charge is 2.40. The van der Waals surface area contributed by atoms with Gasteiger partial charge in [-0.05, 0) is 50.5 Å². The second-order valence-corrected chi connectivity index (χ2v) is 7.18. The normalized spacial score (nSPS) is 16.2. The molecule has 0 aliphatic heterocycles. The van der Waals surface area contributed by atoms with Gasteiger partial charge in [-0.3, -0.25) is 4.79 Å². The van der Waals surface area contributed by atoms with Crippen LogP contribution in [0.2, 0.25) is 0 Å². The SMILES string of the molecule is Cc1cc(C)n(-c2ccc(CC(=O)NC3(C(=O)O)CCCCC3)cc2)n1. The van der Waals surface area contributed by atoms with Gasteiger partial charge >= 0.3 is 5.97 Å². The molecule has 1 heterocycles. The molecule has 138 valence electrons. The predicted molar refractivity (Wildman–Crippen MR) is 98.3 cm³/mol. The Bertz CT molecular complexity index is 802. The third kappa shape index (κ3) is 3.79. The molecule has 0 bridgehead atoms. The summed E-state index contributed by atoms with van der Waals surface area (Å²) in [4.78, 5) is 24.1. The van der Waals surface area contributed by atoms with Gasteiger partial charge in [0.15, 0.2) is 0 Å². The van der Waals surface area contributed by atoms with E-state index in [9.17, 15) is 14.7 Å². The fourth-order valence-corrected chi connectivity index (χ4v) is 3.69. The molecule has 1 saturated carbocycles. The highest BCUT2D eigenvalue weighted by atomic mass is 16.4. The second kappa shape index (κ2) is 7.32. The van der Waals surface area contributed by atoms with E-state index in [1.54, 1.807) is 0 Å². The quantitative estimate of drug-likeness (QED) is 0.864. The van der Waals surface area contributed by atoms with Crippen molar-refractivity contribution in [2.45, 2.75) is 57.9 Å². The van der Waals surface area contributed by atoms with Crippen LogP contribution >= 0.6 is 0 Å². The predicted octanol–water partition coefficient (Wildman–Crippen LogP) is 2.94. The molecule has 0 radical (unpaired) electrons. The summed E-state index contributed by atoms with van der Waals surface area (Å²) in [5.41, 5.74) is 2.70. The van der Waals surface area contributed by atoms with Crippen molar-refractivity contribution in [2.75, 3.05) is 0 Å². The fraction of sp³-hybridized carbons (Fsp3) is 0.450. The molecular weight excluding hydrogens is 330 g/mol. The number of hydrogen-bond donors (Lipinski definition) is 2. The first kappa shape index (κ1) is 18.2. The third-order valence-electron chi connectivity index (χ3n) is 5.05. The van der Waals surface area contributed by atoms with Gasteiger partial charge in [0.05, 0.1) is 17.8 Å². The maximum atomic E-state index is 12.4. The molecule has 1 aromatic heterocycles. The standard InChI is InChI=1S/C20H25N3O3/c1-14-12-15(2)23(22-14)17-8-6-16(7-9-17)13-18(24)21-20(19(25)26)10-4-3-5-11-20/h6-9,12H,3-5,10-11,13H2,1-2H3,(H,21,24)(H,25,26). The van der Waals surface area contributed by atoms with E-state index < -0.39 is 11.5 Å². The van der Waals surface area contributed by atoms with E-state index in [-0.39, 0.29) is 12.3 Å². The van der Waals surface area contributed by atoms with Gasteiger partial charge in [-0.1, -0.05) is 31.4 Å². The Balaban J connectivity index is 1.68. The zero-order valence-electron chi connectivity index (χ0n) is 15.3. The molecule has 6 heteroatoms. The van der Waals surface area contributed by atoms with Crippen molar-refractivity contribution >= 4 is 11.9 Å². The zero-order valence-corrected chi connectivity index (χ0v) is 15.3. The molecule has 1 aliphatic rings. The Kier molecular flexibility index (Phi) is 5.11. The molecule has 1 aromatic carbocycles. The highest BCUT2D eigenvalue weighted by Crippen LogP contribution is 2.28. The monoisotopic (exact) mass is 355 g/mol. The Hall–Kier alpha value is -2.63. The van der Waals surface area contributed by atoms with Crippen molar-refractivity contribution < 1.29 is 14.7 Å². The molecule has 0 spiro atoms. The Morgan fingerprint density at radius 2 is 1.81 bits per heavy atom. The Labute approximate surface area is 153 Å². The van der Waals surface area contributed by atoms with Gasteiger partial charge < -0.3 is 10.4 Å². The number of carbonyl (C=O) groups is 2. The number of benzene rings is 1. The zero-order chi connectivity index (χ0) is 18.7. The van der Waals surface area contributed by atoms with Crippen LogP contribution in [0.15, 0.2) is 30.3 Å². The number of aliphatic carboxylic acids is 1. The van der Waals surface area contributed by atoms with E-state index in [2.05, 4.69) is 10.4 Å². The first-order valence-corrected chi connectivity index (χ1v) is 9.07. The van der Waals surface area contributed by atoms with Crippen LogP contribution in [0.3, 0.4) is 0 Å². The molecule has 1 aliphatic carbocycles. The summed E-state index contributed by atoms with van der Waals surface area (Å²) < 4.78 is 1.86. The third-order valence-corrected chi connectivity index (χ3v) is 5.05. The summed E-state index contributed by atoms with van der Waals surface area (Å²) in [6, 6.07) is 9.64. The summed E-state index contributed by atoms with van der Waals surface area (Å²) in [6.07, 6.45) is 3.88. The van der Waals surface area contributed by atoms with Gasteiger partial charge in [-0.15, -0.1) is 0 Å². The number of nitrogens with zero attached hydrogens (tertiary/aromatic N) is 2. The van der Waals surface area contributed by atoms with Crippen molar-refractivity contribution in [2.24, 2.45) is 0 Å². The molecule has 1 fully saturated rings. The summed E-state index contributed by atoms with van der Waals surface area (Å²) in [5.74, 6) is -1.17. The largest absolute Gasteiger partial charge is 0.480 e. The summed E-state index contributed by atoms with van der Waals surface area (Å²) in [6.45, 7) is 3.95. The molecule has 0 unspecified atom stereocenters. The number of aromatic nitrogens is 2. The van der Waals surface area contributed by atoms with E-state index in [4.69, 9.17) is 0 Å². The minimum absolute atomic E-state index is 0.173. The smallest absolute Gasteiger partial charge is 0.329 e. The summed E-state index contributed by atoms with van der Waals surface area (Å²) in [7, 11) is 0. The van der Waals surface area contributed by atoms with Crippen LogP contribution in [0.5, 0.6) is 0 Å². The molecule has 0 atom stereocenters. The van der Waals surface area contributed by atoms with Crippen LogP contribution in [-0.2, 0) is 16.0 Å². The van der Waals surface area contributed by atoms with Crippen molar-refractivity contribution in [3.63, 3.8) is 0 Å². The van der Waals surface area contributed by atoms with Crippen LogP contribution in [0.1, 0.15) is 49.1 Å². The molecular formula is C20H25N3O3. The lowest BCUT2D eigenvalue weighted by molar-refractivity contribution is -0.149. The number of carboxylic acid groups (broad SMARTS) is 1. The topological polar surface area (TPSA) is 84.2 Å². The van der Waals surface area contributed by atoms with Crippen LogP contribution in [0.4, 0.5) is 0 Å². The van der Waals surface area contributed by atoms with Crippen molar-refractivity contribution in [3.8, 4) is 5.69 Å². The number of carboxylic acids is 1. The lowest BCUT2D eigenvalue weighted by Crippen LogP contribution is -2.55. The van der Waals surface area contributed by atoms with Crippen molar-refractivity contribution in [1.82, 2.24) is 15.1 Å². The average molecular weight is 355 g/mol. The maximum absolute atomic E-state index is 12.4. The minimum atomic E-state index is -1.10. The van der Waals surface area contributed by atoms with Gasteiger partial charge in [0.2, 0.25) is 5.91 Å². The van der Waals surface area contributed by atoms with Crippen LogP contribution in [0, 0.1) is 13.8 Å². The Morgan fingerprint density at radius 1 is 1.15 bits per heavy atom. The second-order valence-electron chi connectivity index (χ2n) is 7.18. The van der Waals surface area contributed by atoms with Crippen LogP contribution in [0.25, 0.3) is 5.69 Å². The first-order chi connectivity index (χ1) is 12.4. The average Bonchev–Trinajstić information content (AvgIpc) is 2.94. The molecule has 1 amide bonds. The minimum Gasteiger partial charge on any atom is -0.480 e. The molecule has 6 nitrogen and oxygen atoms in total. The number of aryl methyl sites for hydroxylation is 2. The van der Waals surface area contributed by atoms with Crippen molar-refractivity contribution in [1.29, 1.82) is 0 Å². The fourth-order valence-electron chi connectivity index (χ4n) is 3.69. The van der Waals surface area contributed by atoms with Crippen molar-refractivity contribution in [3.05, 3.63) is 47.3 Å². The number of rotatable bonds is 5. The molecule has 2 aromatic rings. The molecule has 2 N–H and O–H groups in total. The van der Waals surface area contributed by atoms with E-state index in [0.29, 0.717) is 12.8 Å². The summed E-state index contributed by atoms with van der Waals surface area (Å²) in [5, 5.41) is 16.8. The van der Waals surface area contributed by atoms with E-state index in [1.807, 2.05) is 48.9 Å².